The zero-order valence-electron chi connectivity index (χ0n) is 20.4. The Labute approximate surface area is 210 Å². The summed E-state index contributed by atoms with van der Waals surface area (Å²) in [6.07, 6.45) is 5.80. The number of rotatable bonds is 6. The van der Waals surface area contributed by atoms with E-state index in [2.05, 4.69) is 34.9 Å². The minimum absolute atomic E-state index is 0.0604. The summed E-state index contributed by atoms with van der Waals surface area (Å²) in [7, 11) is 0. The van der Waals surface area contributed by atoms with Crippen molar-refractivity contribution in [3.63, 3.8) is 0 Å². The monoisotopic (exact) mass is 483 g/mol. The van der Waals surface area contributed by atoms with E-state index in [4.69, 9.17) is 0 Å². The molecule has 2 saturated carbocycles. The molecule has 6 rings (SSSR count). The lowest BCUT2D eigenvalue weighted by Crippen LogP contribution is -2.58. The van der Waals surface area contributed by atoms with Crippen LogP contribution in [0.15, 0.2) is 77.2 Å². The molecule has 6 heteroatoms. The largest absolute Gasteiger partial charge is 0.345 e. The molecule has 184 valence electrons. The first kappa shape index (κ1) is 22.9. The van der Waals surface area contributed by atoms with Crippen LogP contribution in [0.4, 0.5) is 4.39 Å². The number of nitrogens with one attached hydrogen (secondary N) is 2. The number of allylic oxidation sites excluding steroid dienone is 1. The van der Waals surface area contributed by atoms with Crippen molar-refractivity contribution in [3.05, 3.63) is 111 Å². The molecule has 1 aromatic heterocycles. The van der Waals surface area contributed by atoms with E-state index >= 15 is 0 Å². The van der Waals surface area contributed by atoms with Crippen molar-refractivity contribution >= 4 is 11.5 Å². The summed E-state index contributed by atoms with van der Waals surface area (Å²) in [5.41, 5.74) is 6.60. The van der Waals surface area contributed by atoms with Crippen LogP contribution in [0.3, 0.4) is 0 Å². The molecule has 3 fully saturated rings. The number of pyridine rings is 1. The van der Waals surface area contributed by atoms with Gasteiger partial charge in [0.15, 0.2) is 0 Å². The number of aromatic nitrogens is 1. The Morgan fingerprint density at radius 2 is 1.58 bits per heavy atom. The van der Waals surface area contributed by atoms with Gasteiger partial charge in [-0.15, -0.1) is 0 Å². The second-order valence-corrected chi connectivity index (χ2v) is 10.7. The lowest BCUT2D eigenvalue weighted by Gasteiger charge is -2.52. The molecular weight excluding hydrogens is 453 g/mol. The zero-order chi connectivity index (χ0) is 24.9. The number of carbonyl (C=O) groups excluding carboxylic acids is 1. The van der Waals surface area contributed by atoms with Gasteiger partial charge < -0.3 is 15.2 Å². The fraction of sp³-hybridized carbons (Fsp3) is 0.333. The fourth-order valence-electron chi connectivity index (χ4n) is 5.53. The van der Waals surface area contributed by atoms with Gasteiger partial charge in [0.05, 0.1) is 11.6 Å². The predicted molar refractivity (Wildman–Crippen MR) is 138 cm³/mol. The van der Waals surface area contributed by atoms with E-state index in [9.17, 15) is 14.0 Å². The molecule has 1 aliphatic heterocycles. The van der Waals surface area contributed by atoms with E-state index in [0.717, 1.165) is 55.5 Å². The second-order valence-electron chi connectivity index (χ2n) is 10.7. The van der Waals surface area contributed by atoms with E-state index in [0.29, 0.717) is 11.0 Å². The van der Waals surface area contributed by atoms with Crippen LogP contribution in [0.25, 0.3) is 5.57 Å². The van der Waals surface area contributed by atoms with E-state index in [-0.39, 0.29) is 29.4 Å². The molecule has 36 heavy (non-hydrogen) atoms. The molecule has 1 spiro atoms. The van der Waals surface area contributed by atoms with Gasteiger partial charge in [0.2, 0.25) is 0 Å². The van der Waals surface area contributed by atoms with Gasteiger partial charge >= 0.3 is 0 Å². The smallest absolute Gasteiger partial charge is 0.253 e. The second kappa shape index (κ2) is 8.86. The standard InChI is InChI=1S/C30H30FN3O2/c1-19(33-29(36)23-8-13-27(35)34(16-23)26-11-12-26)20-2-4-21(5-3-20)28(22-6-9-25(31)10-7-22)24-14-30(15-24)17-32-18-30/h2-10,13,16,19,26,32H,11-12,14-15,17-18H2,1H3,(H,33,36)/t19-/m1/s1. The summed E-state index contributed by atoms with van der Waals surface area (Å²) < 4.78 is 15.3. The molecule has 0 radical (unpaired) electrons. The first-order valence-corrected chi connectivity index (χ1v) is 12.7. The van der Waals surface area contributed by atoms with Crippen molar-refractivity contribution in [2.75, 3.05) is 13.1 Å². The molecule has 2 N–H and O–H groups in total. The Morgan fingerprint density at radius 3 is 2.17 bits per heavy atom. The average molecular weight is 484 g/mol. The number of hydrogen-bond acceptors (Lipinski definition) is 3. The molecule has 0 unspecified atom stereocenters. The van der Waals surface area contributed by atoms with Crippen LogP contribution in [0, 0.1) is 11.2 Å². The number of halogens is 1. The van der Waals surface area contributed by atoms with Gasteiger partial charge in [-0.05, 0) is 73.1 Å². The summed E-state index contributed by atoms with van der Waals surface area (Å²) in [5.74, 6) is -0.423. The molecule has 3 aliphatic rings. The molecule has 1 amide bonds. The van der Waals surface area contributed by atoms with E-state index < -0.39 is 0 Å². The Hall–Kier alpha value is -3.51. The Kier molecular flexibility index (Phi) is 5.64. The quantitative estimate of drug-likeness (QED) is 0.519. The van der Waals surface area contributed by atoms with Gasteiger partial charge in [0.1, 0.15) is 5.82 Å². The van der Waals surface area contributed by atoms with Crippen LogP contribution in [0.5, 0.6) is 0 Å². The van der Waals surface area contributed by atoms with Crippen molar-refractivity contribution in [3.8, 4) is 0 Å². The van der Waals surface area contributed by atoms with Crippen molar-refractivity contribution in [1.82, 2.24) is 15.2 Å². The maximum Gasteiger partial charge on any atom is 0.253 e. The fourth-order valence-corrected chi connectivity index (χ4v) is 5.53. The van der Waals surface area contributed by atoms with Crippen LogP contribution in [0.2, 0.25) is 0 Å². The van der Waals surface area contributed by atoms with Crippen LogP contribution >= 0.6 is 0 Å². The van der Waals surface area contributed by atoms with Gasteiger partial charge in [-0.2, -0.15) is 0 Å². The Balaban J connectivity index is 1.21. The highest BCUT2D eigenvalue weighted by atomic mass is 19.1. The molecule has 1 saturated heterocycles. The Bertz CT molecular complexity index is 1390. The molecule has 2 aromatic carbocycles. The molecule has 2 heterocycles. The summed E-state index contributed by atoms with van der Waals surface area (Å²) in [6, 6.07) is 18.2. The van der Waals surface area contributed by atoms with E-state index in [1.807, 2.05) is 19.1 Å². The first-order chi connectivity index (χ1) is 17.4. The van der Waals surface area contributed by atoms with Crippen LogP contribution in [-0.4, -0.2) is 23.6 Å². The van der Waals surface area contributed by atoms with Crippen LogP contribution < -0.4 is 16.2 Å². The third-order valence-electron chi connectivity index (χ3n) is 7.85. The molecule has 3 aromatic rings. The van der Waals surface area contributed by atoms with Gasteiger partial charge in [-0.1, -0.05) is 42.0 Å². The number of carbonyl (C=O) groups is 1. The van der Waals surface area contributed by atoms with Crippen molar-refractivity contribution < 1.29 is 9.18 Å². The highest BCUT2D eigenvalue weighted by molar-refractivity contribution is 5.94. The van der Waals surface area contributed by atoms with Crippen LogP contribution in [-0.2, 0) is 0 Å². The average Bonchev–Trinajstić information content (AvgIpc) is 3.66. The summed E-state index contributed by atoms with van der Waals surface area (Å²) in [4.78, 5) is 24.9. The minimum atomic E-state index is -0.233. The SMILES string of the molecule is C[C@@H](NC(=O)c1ccc(=O)n(C2CC2)c1)c1ccc(C(=C2CC3(CNC3)C2)c2ccc(F)cc2)cc1. The predicted octanol–water partition coefficient (Wildman–Crippen LogP) is 5.00. The van der Waals surface area contributed by atoms with Crippen LogP contribution in [0.1, 0.15) is 71.7 Å². The van der Waals surface area contributed by atoms with E-state index in [1.54, 1.807) is 16.8 Å². The Morgan fingerprint density at radius 1 is 0.972 bits per heavy atom. The van der Waals surface area contributed by atoms with Gasteiger partial charge in [0, 0.05) is 36.8 Å². The summed E-state index contributed by atoms with van der Waals surface area (Å²) in [6.45, 7) is 4.10. The maximum absolute atomic E-state index is 13.6. The molecule has 2 aliphatic carbocycles. The third kappa shape index (κ3) is 4.30. The van der Waals surface area contributed by atoms with Gasteiger partial charge in [-0.3, -0.25) is 9.59 Å². The van der Waals surface area contributed by atoms with Gasteiger partial charge in [-0.25, -0.2) is 4.39 Å². The highest BCUT2D eigenvalue weighted by Crippen LogP contribution is 2.51. The zero-order valence-corrected chi connectivity index (χ0v) is 20.4. The number of benzene rings is 2. The van der Waals surface area contributed by atoms with Crippen molar-refractivity contribution in [2.24, 2.45) is 5.41 Å². The molecule has 0 bridgehead atoms. The molecule has 1 atom stereocenters. The van der Waals surface area contributed by atoms with Crippen molar-refractivity contribution in [2.45, 2.75) is 44.7 Å². The number of nitrogens with zero attached hydrogens (tertiary/aromatic N) is 1. The summed E-state index contributed by atoms with van der Waals surface area (Å²) in [5, 5.41) is 6.45. The topological polar surface area (TPSA) is 63.1 Å². The van der Waals surface area contributed by atoms with E-state index in [1.165, 1.54) is 29.3 Å². The molecular formula is C30H30FN3O2. The molecule has 5 nitrogen and oxygen atoms in total. The lowest BCUT2D eigenvalue weighted by molar-refractivity contribution is 0.0939. The normalized spacial score (nSPS) is 18.8. The van der Waals surface area contributed by atoms with Crippen molar-refractivity contribution in [1.29, 1.82) is 0 Å². The first-order valence-electron chi connectivity index (χ1n) is 12.7. The number of hydrogen-bond donors (Lipinski definition) is 2. The highest BCUT2D eigenvalue weighted by Gasteiger charge is 2.46. The lowest BCUT2D eigenvalue weighted by atomic mass is 9.60. The minimum Gasteiger partial charge on any atom is -0.345 e. The van der Waals surface area contributed by atoms with Gasteiger partial charge in [0.25, 0.3) is 11.5 Å². The maximum atomic E-state index is 13.6. The number of amides is 1. The summed E-state index contributed by atoms with van der Waals surface area (Å²) >= 11 is 0. The third-order valence-corrected chi connectivity index (χ3v) is 7.85.